The van der Waals surface area contributed by atoms with Crippen LogP contribution in [-0.4, -0.2) is 36.5 Å². The van der Waals surface area contributed by atoms with Crippen molar-refractivity contribution in [1.29, 1.82) is 0 Å². The van der Waals surface area contributed by atoms with E-state index in [4.69, 9.17) is 4.43 Å². The van der Waals surface area contributed by atoms with Crippen LogP contribution in [0.5, 0.6) is 5.75 Å². The zero-order valence-corrected chi connectivity index (χ0v) is 23.1. The Balaban J connectivity index is 2.06. The van der Waals surface area contributed by atoms with Gasteiger partial charge in [-0.2, -0.15) is 0 Å². The Morgan fingerprint density at radius 3 is 1.48 bits per heavy atom. The van der Waals surface area contributed by atoms with Gasteiger partial charge in [-0.3, -0.25) is 0 Å². The molecule has 0 heterocycles. The highest BCUT2D eigenvalue weighted by molar-refractivity contribution is 7.97. The van der Waals surface area contributed by atoms with Crippen LogP contribution in [0, 0.1) is 0 Å². The highest BCUT2D eigenvalue weighted by atomic mass is 32.2. The molecule has 3 rings (SSSR count). The molecule has 3 aromatic carbocycles. The van der Waals surface area contributed by atoms with Crippen molar-refractivity contribution >= 4 is 30.6 Å². The molecule has 0 saturated carbocycles. The highest BCUT2D eigenvalue weighted by Gasteiger charge is 2.33. The lowest BCUT2D eigenvalue weighted by Gasteiger charge is -2.29. The van der Waals surface area contributed by atoms with Crippen LogP contribution in [0.2, 0.25) is 18.1 Å². The van der Waals surface area contributed by atoms with E-state index in [-0.39, 0.29) is 10.9 Å². The van der Waals surface area contributed by atoms with E-state index in [1.54, 1.807) is 0 Å². The lowest BCUT2D eigenvalue weighted by atomic mass is 10.3. The van der Waals surface area contributed by atoms with Crippen molar-refractivity contribution in [3.05, 3.63) is 72.8 Å². The summed E-state index contributed by atoms with van der Waals surface area (Å²) in [5.41, 5.74) is 2.43. The van der Waals surface area contributed by atoms with Gasteiger partial charge in [-0.25, -0.2) is 0 Å². The van der Waals surface area contributed by atoms with Crippen molar-refractivity contribution in [3.8, 4) is 5.75 Å². The van der Waals surface area contributed by atoms with Gasteiger partial charge in [-0.15, -0.1) is 0 Å². The molecule has 0 N–H and O–H groups in total. The molecule has 0 unspecified atom stereocenters. The first-order chi connectivity index (χ1) is 15.8. The molecule has 0 aliphatic heterocycles. The van der Waals surface area contributed by atoms with E-state index < -0.39 is 8.32 Å². The van der Waals surface area contributed by atoms with Crippen LogP contribution in [0.3, 0.4) is 0 Å². The van der Waals surface area contributed by atoms with Crippen molar-refractivity contribution in [2.45, 2.75) is 53.6 Å². The largest absolute Gasteiger partial charge is 0.543 e. The summed E-state index contributed by atoms with van der Waals surface area (Å²) in [5.74, 6) is 1.03. The molecule has 0 radical (unpaired) electrons. The lowest BCUT2D eigenvalue weighted by Crippen LogP contribution is -2.39. The molecule has 0 spiro atoms. The number of anilines is 2. The second-order valence-corrected chi connectivity index (χ2v) is 15.6. The summed E-state index contributed by atoms with van der Waals surface area (Å²) in [6, 6.07) is 30.2. The predicted octanol–water partition coefficient (Wildman–Crippen LogP) is 7.30. The van der Waals surface area contributed by atoms with Gasteiger partial charge in [-0.05, 0) is 78.8 Å². The molecular formula is C28H39N2OSSi+. The summed E-state index contributed by atoms with van der Waals surface area (Å²) < 4.78 is 6.74. The van der Waals surface area contributed by atoms with Crippen molar-refractivity contribution < 1.29 is 4.43 Å². The van der Waals surface area contributed by atoms with Crippen LogP contribution in [0.4, 0.5) is 11.4 Å². The standard InChI is InChI=1S/C28H39N2OSSi/c1-8-33(9-2,10-3)31-25-12-11-13-28(22-25)32(26-18-14-23(15-19-26)29(4)5)27-20-16-24(17-21-27)30(6)7/h11-22H,8-10H2,1-7H3/q+1. The Kier molecular flexibility index (Phi) is 8.55. The van der Waals surface area contributed by atoms with Crippen molar-refractivity contribution in [2.24, 2.45) is 0 Å². The molecule has 176 valence electrons. The van der Waals surface area contributed by atoms with Gasteiger partial charge in [0.1, 0.15) is 5.75 Å². The molecule has 3 aromatic rings. The molecule has 0 aliphatic rings. The van der Waals surface area contributed by atoms with Gasteiger partial charge in [0.25, 0.3) is 0 Å². The molecule has 3 nitrogen and oxygen atoms in total. The fraction of sp³-hybridized carbons (Fsp3) is 0.357. The summed E-state index contributed by atoms with van der Waals surface area (Å²) in [5, 5.41) is 0. The monoisotopic (exact) mass is 479 g/mol. The maximum atomic E-state index is 6.74. The zero-order chi connectivity index (χ0) is 24.0. The van der Waals surface area contributed by atoms with Crippen LogP contribution < -0.4 is 14.2 Å². The second-order valence-electron chi connectivity index (χ2n) is 8.90. The van der Waals surface area contributed by atoms with Crippen LogP contribution in [-0.2, 0) is 10.9 Å². The first-order valence-electron chi connectivity index (χ1n) is 11.9. The van der Waals surface area contributed by atoms with Gasteiger partial charge >= 0.3 is 0 Å². The summed E-state index contributed by atoms with van der Waals surface area (Å²) >= 11 is 0. The summed E-state index contributed by atoms with van der Waals surface area (Å²) in [4.78, 5) is 8.23. The third-order valence-corrected chi connectivity index (χ3v) is 13.2. The Hall–Kier alpha value is -2.37. The average molecular weight is 480 g/mol. The molecule has 0 amide bonds. The summed E-state index contributed by atoms with van der Waals surface area (Å²) in [6.07, 6.45) is 0. The fourth-order valence-corrected chi connectivity index (χ4v) is 8.69. The van der Waals surface area contributed by atoms with Crippen LogP contribution in [0.15, 0.2) is 87.5 Å². The molecule has 0 bridgehead atoms. The molecule has 0 fully saturated rings. The molecule has 0 atom stereocenters. The maximum Gasteiger partial charge on any atom is 0.250 e. The number of benzene rings is 3. The maximum absolute atomic E-state index is 6.74. The molecular weight excluding hydrogens is 440 g/mol. The number of hydrogen-bond donors (Lipinski definition) is 0. The smallest absolute Gasteiger partial charge is 0.250 e. The number of nitrogens with zero attached hydrogens (tertiary/aromatic N) is 2. The average Bonchev–Trinajstić information content (AvgIpc) is 2.84. The molecule has 33 heavy (non-hydrogen) atoms. The Labute approximate surface area is 204 Å². The van der Waals surface area contributed by atoms with Crippen LogP contribution in [0.1, 0.15) is 20.8 Å². The van der Waals surface area contributed by atoms with Gasteiger partial charge in [0, 0.05) is 45.6 Å². The lowest BCUT2D eigenvalue weighted by molar-refractivity contribution is 0.530. The first kappa shape index (κ1) is 25.3. The van der Waals surface area contributed by atoms with E-state index in [1.165, 1.54) is 26.1 Å². The third-order valence-electron chi connectivity index (χ3n) is 6.49. The van der Waals surface area contributed by atoms with E-state index in [0.717, 1.165) is 23.9 Å². The van der Waals surface area contributed by atoms with Crippen LogP contribution >= 0.6 is 0 Å². The fourth-order valence-electron chi connectivity index (χ4n) is 4.05. The topological polar surface area (TPSA) is 15.7 Å². The van der Waals surface area contributed by atoms with E-state index in [1.807, 2.05) is 0 Å². The predicted molar refractivity (Wildman–Crippen MR) is 148 cm³/mol. The van der Waals surface area contributed by atoms with E-state index in [9.17, 15) is 0 Å². The van der Waals surface area contributed by atoms with E-state index in [0.29, 0.717) is 0 Å². The number of hydrogen-bond acceptors (Lipinski definition) is 3. The zero-order valence-electron chi connectivity index (χ0n) is 21.3. The normalized spacial score (nSPS) is 11.5. The second kappa shape index (κ2) is 11.2. The summed E-state index contributed by atoms with van der Waals surface area (Å²) in [7, 11) is 6.41. The van der Waals surface area contributed by atoms with Gasteiger partial charge in [-0.1, -0.05) is 26.8 Å². The molecule has 0 aliphatic carbocycles. The highest BCUT2D eigenvalue weighted by Crippen LogP contribution is 2.35. The van der Waals surface area contributed by atoms with Crippen molar-refractivity contribution in [1.82, 2.24) is 0 Å². The van der Waals surface area contributed by atoms with Gasteiger partial charge in [0.2, 0.25) is 8.32 Å². The van der Waals surface area contributed by atoms with Gasteiger partial charge < -0.3 is 14.2 Å². The molecule has 0 saturated heterocycles. The van der Waals surface area contributed by atoms with Gasteiger partial charge in [0.05, 0.1) is 10.9 Å². The SMILES string of the molecule is CC[Si](CC)(CC)Oc1cccc([S+](c2ccc(N(C)C)cc2)c2ccc(N(C)C)cc2)c1. The Morgan fingerprint density at radius 2 is 1.09 bits per heavy atom. The minimum atomic E-state index is -1.72. The first-order valence-corrected chi connectivity index (χ1v) is 15.7. The van der Waals surface area contributed by atoms with Gasteiger partial charge in [0.15, 0.2) is 14.7 Å². The third kappa shape index (κ3) is 5.95. The van der Waals surface area contributed by atoms with Crippen molar-refractivity contribution in [2.75, 3.05) is 38.0 Å². The number of rotatable bonds is 10. The van der Waals surface area contributed by atoms with E-state index in [2.05, 4.69) is 132 Å². The quantitative estimate of drug-likeness (QED) is 0.224. The molecule has 0 aromatic heterocycles. The van der Waals surface area contributed by atoms with E-state index >= 15 is 0 Å². The summed E-state index contributed by atoms with van der Waals surface area (Å²) in [6.45, 7) is 6.85. The van der Waals surface area contributed by atoms with Crippen molar-refractivity contribution in [3.63, 3.8) is 0 Å². The minimum Gasteiger partial charge on any atom is -0.543 e. The minimum absolute atomic E-state index is 0.204. The van der Waals surface area contributed by atoms with Crippen LogP contribution in [0.25, 0.3) is 0 Å². The Bertz CT molecular complexity index is 955. The molecule has 5 heteroatoms. The Morgan fingerprint density at radius 1 is 0.636 bits per heavy atom.